The van der Waals surface area contributed by atoms with E-state index in [1.54, 1.807) is 0 Å². The molecule has 0 amide bonds. The number of hydrogen-bond acceptors (Lipinski definition) is 2. The van der Waals surface area contributed by atoms with E-state index in [4.69, 9.17) is 4.74 Å². The Morgan fingerprint density at radius 2 is 1.84 bits per heavy atom. The molecular formula is C17H26O2. The standard InChI is InChI=1S/C17H26O2/c1-12(2)19-16-7-5-6-15(9-16)17(18)10-13(3)8-14(4)11-17/h5-7,9,12-14,18H,8,10-11H2,1-4H3. The zero-order chi connectivity index (χ0) is 14.0. The Hall–Kier alpha value is -1.02. The van der Waals surface area contributed by atoms with Gasteiger partial charge >= 0.3 is 0 Å². The monoisotopic (exact) mass is 262 g/mol. The lowest BCUT2D eigenvalue weighted by atomic mass is 9.71. The molecule has 1 aliphatic rings. The highest BCUT2D eigenvalue weighted by molar-refractivity contribution is 5.33. The third-order valence-electron chi connectivity index (χ3n) is 3.92. The van der Waals surface area contributed by atoms with Gasteiger partial charge in [0.1, 0.15) is 5.75 Å². The molecule has 106 valence electrons. The van der Waals surface area contributed by atoms with Crippen molar-refractivity contribution in [2.24, 2.45) is 11.8 Å². The third-order valence-corrected chi connectivity index (χ3v) is 3.92. The van der Waals surface area contributed by atoms with Crippen LogP contribution in [0.25, 0.3) is 0 Å². The Morgan fingerprint density at radius 3 is 2.42 bits per heavy atom. The average molecular weight is 262 g/mol. The average Bonchev–Trinajstić information content (AvgIpc) is 2.26. The van der Waals surface area contributed by atoms with Crippen LogP contribution in [0.3, 0.4) is 0 Å². The van der Waals surface area contributed by atoms with Crippen LogP contribution in [0.4, 0.5) is 0 Å². The molecule has 0 saturated heterocycles. The summed E-state index contributed by atoms with van der Waals surface area (Å²) < 4.78 is 5.73. The zero-order valence-electron chi connectivity index (χ0n) is 12.5. The van der Waals surface area contributed by atoms with E-state index in [0.29, 0.717) is 11.8 Å². The minimum atomic E-state index is -0.687. The second-order valence-corrected chi connectivity index (χ2v) is 6.58. The second kappa shape index (κ2) is 5.54. The van der Waals surface area contributed by atoms with Crippen LogP contribution in [-0.2, 0) is 5.60 Å². The highest BCUT2D eigenvalue weighted by atomic mass is 16.5. The van der Waals surface area contributed by atoms with Crippen LogP contribution in [0.5, 0.6) is 5.75 Å². The van der Waals surface area contributed by atoms with Gasteiger partial charge in [-0.15, -0.1) is 0 Å². The van der Waals surface area contributed by atoms with Gasteiger partial charge in [-0.25, -0.2) is 0 Å². The molecule has 0 spiro atoms. The Balaban J connectivity index is 2.24. The number of benzene rings is 1. The van der Waals surface area contributed by atoms with Crippen LogP contribution < -0.4 is 4.74 Å². The first-order chi connectivity index (χ1) is 8.89. The van der Waals surface area contributed by atoms with Crippen LogP contribution in [0.1, 0.15) is 52.5 Å². The third kappa shape index (κ3) is 3.50. The van der Waals surface area contributed by atoms with Gasteiger partial charge in [0, 0.05) is 0 Å². The Morgan fingerprint density at radius 1 is 1.21 bits per heavy atom. The van der Waals surface area contributed by atoms with E-state index in [1.165, 1.54) is 6.42 Å². The van der Waals surface area contributed by atoms with E-state index < -0.39 is 5.60 Å². The largest absolute Gasteiger partial charge is 0.491 e. The number of hydrogen-bond donors (Lipinski definition) is 1. The van der Waals surface area contributed by atoms with Gasteiger partial charge in [0.2, 0.25) is 0 Å². The second-order valence-electron chi connectivity index (χ2n) is 6.58. The van der Waals surface area contributed by atoms with E-state index in [0.717, 1.165) is 24.2 Å². The molecule has 1 fully saturated rings. The van der Waals surface area contributed by atoms with Crippen molar-refractivity contribution in [1.82, 2.24) is 0 Å². The van der Waals surface area contributed by atoms with Crippen molar-refractivity contribution in [3.63, 3.8) is 0 Å². The summed E-state index contributed by atoms with van der Waals surface area (Å²) in [4.78, 5) is 0. The Kier molecular flexibility index (Phi) is 4.19. The van der Waals surface area contributed by atoms with Gasteiger partial charge in [0.05, 0.1) is 11.7 Å². The van der Waals surface area contributed by atoms with Crippen LogP contribution in [0.2, 0.25) is 0 Å². The summed E-state index contributed by atoms with van der Waals surface area (Å²) in [5.74, 6) is 2.00. The van der Waals surface area contributed by atoms with Gasteiger partial charge in [-0.3, -0.25) is 0 Å². The van der Waals surface area contributed by atoms with E-state index in [-0.39, 0.29) is 6.10 Å². The summed E-state index contributed by atoms with van der Waals surface area (Å²) >= 11 is 0. The van der Waals surface area contributed by atoms with Gasteiger partial charge in [0.25, 0.3) is 0 Å². The summed E-state index contributed by atoms with van der Waals surface area (Å²) in [6, 6.07) is 7.97. The summed E-state index contributed by atoms with van der Waals surface area (Å²) in [7, 11) is 0. The first-order valence-electron chi connectivity index (χ1n) is 7.38. The molecule has 0 radical (unpaired) electrons. The lowest BCUT2D eigenvalue weighted by Crippen LogP contribution is -2.35. The van der Waals surface area contributed by atoms with Gasteiger partial charge in [-0.1, -0.05) is 26.0 Å². The van der Waals surface area contributed by atoms with Crippen LogP contribution in [0.15, 0.2) is 24.3 Å². The molecule has 1 N–H and O–H groups in total. The maximum atomic E-state index is 11.0. The maximum absolute atomic E-state index is 11.0. The SMILES string of the molecule is CC1CC(C)CC(O)(c2cccc(OC(C)C)c2)C1. The molecule has 0 aromatic heterocycles. The van der Waals surface area contributed by atoms with Crippen LogP contribution >= 0.6 is 0 Å². The topological polar surface area (TPSA) is 29.5 Å². The van der Waals surface area contributed by atoms with E-state index in [9.17, 15) is 5.11 Å². The fourth-order valence-corrected chi connectivity index (χ4v) is 3.46. The smallest absolute Gasteiger partial charge is 0.120 e. The van der Waals surface area contributed by atoms with Crippen LogP contribution in [0, 0.1) is 11.8 Å². The van der Waals surface area contributed by atoms with Gasteiger partial charge < -0.3 is 9.84 Å². The summed E-state index contributed by atoms with van der Waals surface area (Å²) in [5.41, 5.74) is 0.317. The van der Waals surface area contributed by atoms with E-state index >= 15 is 0 Å². The van der Waals surface area contributed by atoms with Crippen LogP contribution in [-0.4, -0.2) is 11.2 Å². The molecular weight excluding hydrogens is 236 g/mol. The molecule has 1 aliphatic carbocycles. The minimum absolute atomic E-state index is 0.161. The summed E-state index contributed by atoms with van der Waals surface area (Å²) in [6.45, 7) is 8.50. The molecule has 1 aromatic carbocycles. The number of rotatable bonds is 3. The van der Waals surface area contributed by atoms with Crippen molar-refractivity contribution in [2.75, 3.05) is 0 Å². The van der Waals surface area contributed by atoms with E-state index in [2.05, 4.69) is 13.8 Å². The summed E-state index contributed by atoms with van der Waals surface area (Å²) in [6.07, 6.45) is 3.07. The minimum Gasteiger partial charge on any atom is -0.491 e. The highest BCUT2D eigenvalue weighted by Crippen LogP contribution is 2.43. The van der Waals surface area contributed by atoms with Crippen molar-refractivity contribution < 1.29 is 9.84 Å². The molecule has 19 heavy (non-hydrogen) atoms. The molecule has 1 aromatic rings. The van der Waals surface area contributed by atoms with Crippen molar-refractivity contribution in [1.29, 1.82) is 0 Å². The molecule has 2 unspecified atom stereocenters. The Bertz CT molecular complexity index is 415. The fourth-order valence-electron chi connectivity index (χ4n) is 3.46. The van der Waals surface area contributed by atoms with Crippen molar-refractivity contribution in [3.05, 3.63) is 29.8 Å². The molecule has 2 rings (SSSR count). The molecule has 2 heteroatoms. The molecule has 0 heterocycles. The first kappa shape index (κ1) is 14.4. The lowest BCUT2D eigenvalue weighted by molar-refractivity contribution is -0.0364. The van der Waals surface area contributed by atoms with Crippen molar-refractivity contribution >= 4 is 0 Å². The van der Waals surface area contributed by atoms with Crippen molar-refractivity contribution in [2.45, 2.75) is 58.7 Å². The van der Waals surface area contributed by atoms with Gasteiger partial charge in [-0.05, 0) is 62.6 Å². The van der Waals surface area contributed by atoms with E-state index in [1.807, 2.05) is 38.1 Å². The molecule has 0 bridgehead atoms. The Labute approximate surface area is 116 Å². The molecule has 2 atom stereocenters. The first-order valence-corrected chi connectivity index (χ1v) is 7.38. The van der Waals surface area contributed by atoms with Gasteiger partial charge in [-0.2, -0.15) is 0 Å². The fraction of sp³-hybridized carbons (Fsp3) is 0.647. The normalized spacial score (nSPS) is 31.5. The van der Waals surface area contributed by atoms with Gasteiger partial charge in [0.15, 0.2) is 0 Å². The molecule has 2 nitrogen and oxygen atoms in total. The predicted molar refractivity (Wildman–Crippen MR) is 78.3 cm³/mol. The highest BCUT2D eigenvalue weighted by Gasteiger charge is 2.37. The quantitative estimate of drug-likeness (QED) is 0.888. The lowest BCUT2D eigenvalue weighted by Gasteiger charge is -2.39. The zero-order valence-corrected chi connectivity index (χ0v) is 12.5. The summed E-state index contributed by atoms with van der Waals surface area (Å²) in [5, 5.41) is 11.0. The predicted octanol–water partition coefficient (Wildman–Crippen LogP) is 4.12. The maximum Gasteiger partial charge on any atom is 0.120 e. The van der Waals surface area contributed by atoms with Crippen molar-refractivity contribution in [3.8, 4) is 5.75 Å². The number of ether oxygens (including phenoxy) is 1. The molecule has 1 saturated carbocycles. The number of aliphatic hydroxyl groups is 1. The molecule has 0 aliphatic heterocycles.